The molecular formula is C14H19FO. The molecule has 0 saturated heterocycles. The Labute approximate surface area is 96.9 Å². The second kappa shape index (κ2) is 7.04. The van der Waals surface area contributed by atoms with Crippen molar-refractivity contribution in [1.29, 1.82) is 0 Å². The molecule has 0 fully saturated rings. The summed E-state index contributed by atoms with van der Waals surface area (Å²) in [5, 5.41) is 0. The Hall–Kier alpha value is -1.31. The van der Waals surface area contributed by atoms with E-state index in [0.29, 0.717) is 18.8 Å². The molecule has 0 amide bonds. The van der Waals surface area contributed by atoms with Gasteiger partial charge in [-0.2, -0.15) is 0 Å². The lowest BCUT2D eigenvalue weighted by Crippen LogP contribution is -1.98. The molecule has 0 aliphatic heterocycles. The molecule has 0 aliphatic carbocycles. The summed E-state index contributed by atoms with van der Waals surface area (Å²) in [7, 11) is 0. The fraction of sp³-hybridized carbons (Fsp3) is 0.429. The summed E-state index contributed by atoms with van der Waals surface area (Å²) < 4.78 is 18.7. The third-order valence-corrected chi connectivity index (χ3v) is 2.33. The van der Waals surface area contributed by atoms with E-state index in [4.69, 9.17) is 4.74 Å². The van der Waals surface area contributed by atoms with E-state index < -0.39 is 0 Å². The molecule has 0 N–H and O–H groups in total. The van der Waals surface area contributed by atoms with Crippen molar-refractivity contribution in [1.82, 2.24) is 0 Å². The van der Waals surface area contributed by atoms with E-state index in [1.165, 1.54) is 12.1 Å². The second-order valence-electron chi connectivity index (χ2n) is 3.84. The predicted molar refractivity (Wildman–Crippen MR) is 65.3 cm³/mol. The van der Waals surface area contributed by atoms with Crippen LogP contribution < -0.4 is 4.74 Å². The van der Waals surface area contributed by atoms with Crippen LogP contribution in [0.3, 0.4) is 0 Å². The quantitative estimate of drug-likeness (QED) is 0.498. The summed E-state index contributed by atoms with van der Waals surface area (Å²) in [5.74, 6) is 0.373. The highest BCUT2D eigenvalue weighted by atomic mass is 19.1. The molecule has 1 rings (SSSR count). The first-order valence-electron chi connectivity index (χ1n) is 5.79. The van der Waals surface area contributed by atoms with E-state index in [9.17, 15) is 4.39 Å². The van der Waals surface area contributed by atoms with E-state index in [0.717, 1.165) is 24.8 Å². The number of hydrogen-bond donors (Lipinski definition) is 0. The molecule has 16 heavy (non-hydrogen) atoms. The molecule has 0 aliphatic rings. The molecule has 0 spiro atoms. The van der Waals surface area contributed by atoms with Gasteiger partial charge >= 0.3 is 0 Å². The second-order valence-corrected chi connectivity index (χ2v) is 3.84. The molecule has 0 atom stereocenters. The summed E-state index contributed by atoms with van der Waals surface area (Å²) in [6.07, 6.45) is 5.76. The van der Waals surface area contributed by atoms with Crippen LogP contribution in [0, 0.1) is 5.82 Å². The molecular weight excluding hydrogens is 203 g/mol. The summed E-state index contributed by atoms with van der Waals surface area (Å²) in [6.45, 7) is 6.44. The Morgan fingerprint density at radius 3 is 2.81 bits per heavy atom. The largest absolute Gasteiger partial charge is 0.493 e. The Kier molecular flexibility index (Phi) is 5.62. The molecule has 0 bridgehead atoms. The van der Waals surface area contributed by atoms with Crippen LogP contribution in [0.5, 0.6) is 5.75 Å². The van der Waals surface area contributed by atoms with Gasteiger partial charge in [0.05, 0.1) is 6.61 Å². The van der Waals surface area contributed by atoms with Crippen LogP contribution in [0.2, 0.25) is 0 Å². The molecule has 0 saturated carbocycles. The van der Waals surface area contributed by atoms with Gasteiger partial charge in [0.2, 0.25) is 0 Å². The van der Waals surface area contributed by atoms with Crippen molar-refractivity contribution in [3.05, 3.63) is 42.2 Å². The van der Waals surface area contributed by atoms with Crippen LogP contribution in [0.25, 0.3) is 0 Å². The lowest BCUT2D eigenvalue weighted by Gasteiger charge is -2.07. The zero-order chi connectivity index (χ0) is 11.8. The van der Waals surface area contributed by atoms with Crippen LogP contribution in [0.4, 0.5) is 4.39 Å². The zero-order valence-electron chi connectivity index (χ0n) is 9.84. The first-order chi connectivity index (χ1) is 7.76. The average Bonchev–Trinajstić information content (AvgIpc) is 2.24. The molecule has 0 heterocycles. The third kappa shape index (κ3) is 4.47. The zero-order valence-corrected chi connectivity index (χ0v) is 9.84. The van der Waals surface area contributed by atoms with Crippen LogP contribution in [-0.4, -0.2) is 6.61 Å². The monoisotopic (exact) mass is 222 g/mol. The van der Waals surface area contributed by atoms with Gasteiger partial charge in [0.25, 0.3) is 0 Å². The Bertz CT molecular complexity index is 334. The lowest BCUT2D eigenvalue weighted by molar-refractivity contribution is 0.304. The average molecular weight is 222 g/mol. The molecule has 2 heteroatoms. The van der Waals surface area contributed by atoms with Crippen molar-refractivity contribution < 1.29 is 9.13 Å². The Balaban J connectivity index is 2.54. The maximum Gasteiger partial charge on any atom is 0.127 e. The van der Waals surface area contributed by atoms with Gasteiger partial charge < -0.3 is 4.74 Å². The molecule has 1 aromatic carbocycles. The predicted octanol–water partition coefficient (Wildman–Crippen LogP) is 4.12. The van der Waals surface area contributed by atoms with Crippen LogP contribution >= 0.6 is 0 Å². The van der Waals surface area contributed by atoms with Gasteiger partial charge in [0, 0.05) is 6.07 Å². The van der Waals surface area contributed by atoms with Crippen LogP contribution in [0.15, 0.2) is 30.9 Å². The Morgan fingerprint density at radius 2 is 2.12 bits per heavy atom. The summed E-state index contributed by atoms with van der Waals surface area (Å²) >= 11 is 0. The molecule has 1 nitrogen and oxygen atoms in total. The van der Waals surface area contributed by atoms with E-state index in [1.807, 2.05) is 6.07 Å². The smallest absolute Gasteiger partial charge is 0.127 e. The highest BCUT2D eigenvalue weighted by molar-refractivity contribution is 5.30. The minimum Gasteiger partial charge on any atom is -0.493 e. The van der Waals surface area contributed by atoms with Gasteiger partial charge in [-0.1, -0.05) is 25.8 Å². The fourth-order valence-electron chi connectivity index (χ4n) is 1.53. The van der Waals surface area contributed by atoms with Crippen LogP contribution in [0.1, 0.15) is 31.7 Å². The van der Waals surface area contributed by atoms with E-state index in [1.54, 1.807) is 6.08 Å². The SMILES string of the molecule is C=CCc1cc(F)cc(OCCCCC)c1. The number of allylic oxidation sites excluding steroid dienone is 1. The van der Waals surface area contributed by atoms with Crippen molar-refractivity contribution in [3.63, 3.8) is 0 Å². The standard InChI is InChI=1S/C14H19FO/c1-3-5-6-8-16-14-10-12(7-4-2)9-13(15)11-14/h4,9-11H,2-3,5-8H2,1H3. The lowest BCUT2D eigenvalue weighted by atomic mass is 10.1. The molecule has 0 unspecified atom stereocenters. The van der Waals surface area contributed by atoms with Gasteiger partial charge in [0.1, 0.15) is 11.6 Å². The van der Waals surface area contributed by atoms with Gasteiger partial charge in [0.15, 0.2) is 0 Å². The van der Waals surface area contributed by atoms with Gasteiger partial charge in [-0.25, -0.2) is 4.39 Å². The summed E-state index contributed by atoms with van der Waals surface area (Å²) in [5.41, 5.74) is 0.903. The first kappa shape index (κ1) is 12.8. The molecule has 88 valence electrons. The topological polar surface area (TPSA) is 9.23 Å². The normalized spacial score (nSPS) is 10.1. The molecule has 1 aromatic rings. The van der Waals surface area contributed by atoms with Crippen molar-refractivity contribution >= 4 is 0 Å². The van der Waals surface area contributed by atoms with Crippen molar-refractivity contribution in [2.75, 3.05) is 6.61 Å². The van der Waals surface area contributed by atoms with Crippen molar-refractivity contribution in [2.45, 2.75) is 32.6 Å². The van der Waals surface area contributed by atoms with Gasteiger partial charge in [-0.05, 0) is 30.5 Å². The van der Waals surface area contributed by atoms with Gasteiger partial charge in [-0.15, -0.1) is 6.58 Å². The number of halogens is 1. The summed E-state index contributed by atoms with van der Waals surface area (Å²) in [6, 6.07) is 4.82. The first-order valence-corrected chi connectivity index (χ1v) is 5.79. The van der Waals surface area contributed by atoms with Gasteiger partial charge in [-0.3, -0.25) is 0 Å². The molecule has 0 radical (unpaired) electrons. The highest BCUT2D eigenvalue weighted by Gasteiger charge is 2.00. The number of unbranched alkanes of at least 4 members (excludes halogenated alkanes) is 2. The summed E-state index contributed by atoms with van der Waals surface area (Å²) in [4.78, 5) is 0. The van der Waals surface area contributed by atoms with Crippen LogP contribution in [-0.2, 0) is 6.42 Å². The number of rotatable bonds is 7. The molecule has 0 aromatic heterocycles. The minimum absolute atomic E-state index is 0.246. The maximum atomic E-state index is 13.2. The number of benzene rings is 1. The van der Waals surface area contributed by atoms with E-state index in [-0.39, 0.29) is 5.82 Å². The van der Waals surface area contributed by atoms with Crippen molar-refractivity contribution in [3.8, 4) is 5.75 Å². The Morgan fingerprint density at radius 1 is 1.31 bits per heavy atom. The maximum absolute atomic E-state index is 13.2. The fourth-order valence-corrected chi connectivity index (χ4v) is 1.53. The number of hydrogen-bond acceptors (Lipinski definition) is 1. The number of ether oxygens (including phenoxy) is 1. The van der Waals surface area contributed by atoms with Crippen molar-refractivity contribution in [2.24, 2.45) is 0 Å². The van der Waals surface area contributed by atoms with E-state index in [2.05, 4.69) is 13.5 Å². The third-order valence-electron chi connectivity index (χ3n) is 2.33. The highest BCUT2D eigenvalue weighted by Crippen LogP contribution is 2.17. The van der Waals surface area contributed by atoms with E-state index >= 15 is 0 Å². The minimum atomic E-state index is -0.246.